The Labute approximate surface area is 343 Å². The van der Waals surface area contributed by atoms with Gasteiger partial charge in [-0.3, -0.25) is 9.59 Å². The first-order valence-electron chi connectivity index (χ1n) is 20.5. The van der Waals surface area contributed by atoms with E-state index >= 15 is 0 Å². The van der Waals surface area contributed by atoms with Gasteiger partial charge in [0.2, 0.25) is 11.8 Å². The summed E-state index contributed by atoms with van der Waals surface area (Å²) in [6.45, 7) is 4.40. The third-order valence-electron chi connectivity index (χ3n) is 10.3. The molecular formula is C47H74N4O6. The van der Waals surface area contributed by atoms with Crippen molar-refractivity contribution in [2.45, 2.75) is 156 Å². The van der Waals surface area contributed by atoms with Crippen LogP contribution < -0.4 is 10.6 Å². The van der Waals surface area contributed by atoms with Gasteiger partial charge >= 0.3 is 11.9 Å². The number of unbranched alkanes of at least 4 members (excludes halogenated alkanes) is 12. The number of esters is 1. The summed E-state index contributed by atoms with van der Waals surface area (Å²) in [5.41, 5.74) is 4.14. The average molecular weight is 791 g/mol. The topological polar surface area (TPSA) is 132 Å². The molecule has 2 amide bonds. The first-order chi connectivity index (χ1) is 26.6. The molecule has 0 aliphatic heterocycles. The number of rotatable bonds is 24. The normalized spacial score (nSPS) is 11.7. The number of methoxy groups -OCH3 is 1. The van der Waals surface area contributed by atoms with E-state index in [1.807, 2.05) is 84.2 Å². The molecule has 2 unspecified atom stereocenters. The van der Waals surface area contributed by atoms with Gasteiger partial charge in [-0.15, -0.1) is 0 Å². The number of amides is 2. The van der Waals surface area contributed by atoms with E-state index in [0.29, 0.717) is 25.7 Å². The van der Waals surface area contributed by atoms with Gasteiger partial charge in [0.1, 0.15) is 12.1 Å². The smallest absolute Gasteiger partial charge is 0.328 e. The molecule has 2 aromatic carbocycles. The Kier molecular flexibility index (Phi) is 24.7. The Morgan fingerprint density at radius 2 is 0.965 bits per heavy atom. The number of aliphatic carboxylic acids is 1. The first-order valence-corrected chi connectivity index (χ1v) is 20.5. The summed E-state index contributed by atoms with van der Waals surface area (Å²) >= 11 is 0. The average Bonchev–Trinajstić information content (AvgIpc) is 3.67. The van der Waals surface area contributed by atoms with Crippen molar-refractivity contribution < 1.29 is 29.0 Å². The second-order valence-electron chi connectivity index (χ2n) is 14.8. The maximum atomic E-state index is 12.3. The van der Waals surface area contributed by atoms with Crippen LogP contribution in [0.15, 0.2) is 60.9 Å². The number of nitrogens with one attached hydrogen (secondary N) is 2. The SMILES string of the molecule is C.C.CCCCCCCCCC(=O)NC(Cc1cn(C)c2ccccc12)C(=O)O.CCCCCCCCCC(=O)NC(Cc1cn(C)c2ccccc12)C(=O)OC. The molecule has 4 aromatic rings. The Hall–Kier alpha value is -4.60. The molecule has 0 fully saturated rings. The third kappa shape index (κ3) is 17.2. The van der Waals surface area contributed by atoms with E-state index in [-0.39, 0.29) is 26.7 Å². The van der Waals surface area contributed by atoms with Gasteiger partial charge in [-0.2, -0.15) is 0 Å². The maximum absolute atomic E-state index is 12.3. The number of hydrogen-bond donors (Lipinski definition) is 3. The van der Waals surface area contributed by atoms with Crippen LogP contribution >= 0.6 is 0 Å². The van der Waals surface area contributed by atoms with Crippen LogP contribution in [0.2, 0.25) is 0 Å². The largest absolute Gasteiger partial charge is 0.480 e. The Morgan fingerprint density at radius 1 is 0.596 bits per heavy atom. The molecule has 0 saturated heterocycles. The van der Waals surface area contributed by atoms with E-state index in [0.717, 1.165) is 65.0 Å². The van der Waals surface area contributed by atoms with E-state index in [2.05, 4.69) is 24.5 Å². The van der Waals surface area contributed by atoms with Crippen LogP contribution in [0.1, 0.15) is 143 Å². The number of para-hydroxylation sites is 2. The van der Waals surface area contributed by atoms with Crippen molar-refractivity contribution in [1.82, 2.24) is 19.8 Å². The van der Waals surface area contributed by atoms with Crippen molar-refractivity contribution in [3.8, 4) is 0 Å². The summed E-state index contributed by atoms with van der Waals surface area (Å²) in [5.74, 6) is -1.64. The lowest BCUT2D eigenvalue weighted by Gasteiger charge is -2.16. The van der Waals surface area contributed by atoms with Gasteiger partial charge in [0.05, 0.1) is 7.11 Å². The molecule has 0 aliphatic rings. The van der Waals surface area contributed by atoms with Gasteiger partial charge in [-0.05, 0) is 36.1 Å². The van der Waals surface area contributed by atoms with Crippen molar-refractivity contribution in [1.29, 1.82) is 0 Å². The van der Waals surface area contributed by atoms with E-state index in [4.69, 9.17) is 4.74 Å². The molecule has 3 N–H and O–H groups in total. The van der Waals surface area contributed by atoms with Crippen molar-refractivity contribution in [3.63, 3.8) is 0 Å². The van der Waals surface area contributed by atoms with Gasteiger partial charge in [-0.1, -0.05) is 142 Å². The predicted molar refractivity (Wildman–Crippen MR) is 235 cm³/mol. The fourth-order valence-corrected chi connectivity index (χ4v) is 7.17. The van der Waals surface area contributed by atoms with Crippen LogP contribution in [0, 0.1) is 0 Å². The molecule has 2 heterocycles. The predicted octanol–water partition coefficient (Wildman–Crippen LogP) is 10.2. The van der Waals surface area contributed by atoms with Gasteiger partial charge in [-0.25, -0.2) is 9.59 Å². The number of hydrogen-bond acceptors (Lipinski definition) is 5. The van der Waals surface area contributed by atoms with E-state index in [1.165, 1.54) is 64.9 Å². The summed E-state index contributed by atoms with van der Waals surface area (Å²) in [4.78, 5) is 48.4. The summed E-state index contributed by atoms with van der Waals surface area (Å²) in [7, 11) is 5.29. The van der Waals surface area contributed by atoms with E-state index < -0.39 is 24.0 Å². The lowest BCUT2D eigenvalue weighted by atomic mass is 10.0. The number of benzene rings is 2. The molecule has 4 rings (SSSR count). The minimum Gasteiger partial charge on any atom is -0.480 e. The molecule has 2 aromatic heterocycles. The van der Waals surface area contributed by atoms with Crippen LogP contribution in [-0.4, -0.2) is 57.2 Å². The molecule has 57 heavy (non-hydrogen) atoms. The van der Waals surface area contributed by atoms with Crippen molar-refractivity contribution in [2.24, 2.45) is 14.1 Å². The molecule has 318 valence electrons. The maximum Gasteiger partial charge on any atom is 0.328 e. The van der Waals surface area contributed by atoms with Crippen LogP contribution in [0.5, 0.6) is 0 Å². The standard InChI is InChI=1S/C23H34N2O3.C22H32N2O3.2CH4/c1-4-5-6-7-8-9-10-15-22(26)24-20(23(27)28-3)16-18-17-25(2)21-14-12-11-13-19(18)21;1-3-4-5-6-7-8-9-14-21(25)23-19(22(26)27)15-17-16-24(2)20-13-11-10-12-18(17)20;;/h11-14,17,20H,4-10,15-16H2,1-3H3,(H,24,26);10-13,16,19H,3-9,14-15H2,1-2H3,(H,23,25)(H,26,27);2*1H4. The highest BCUT2D eigenvalue weighted by atomic mass is 16.5. The molecule has 0 bridgehead atoms. The van der Waals surface area contributed by atoms with Crippen LogP contribution in [0.4, 0.5) is 0 Å². The van der Waals surface area contributed by atoms with Crippen molar-refractivity contribution >= 4 is 45.6 Å². The molecule has 10 heteroatoms. The zero-order valence-electron chi connectivity index (χ0n) is 34.0. The fraction of sp³-hybridized carbons (Fsp3) is 0.574. The minimum atomic E-state index is -0.990. The van der Waals surface area contributed by atoms with E-state index in [9.17, 15) is 24.3 Å². The summed E-state index contributed by atoms with van der Waals surface area (Å²) < 4.78 is 8.96. The zero-order chi connectivity index (χ0) is 40.0. The number of fused-ring (bicyclic) bond motifs is 2. The lowest BCUT2D eigenvalue weighted by Crippen LogP contribution is -2.43. The van der Waals surface area contributed by atoms with Crippen LogP contribution in [0.3, 0.4) is 0 Å². The number of carboxylic acids is 1. The quantitative estimate of drug-likeness (QED) is 0.0478. The Balaban J connectivity index is 0.000000551. The Bertz CT molecular complexity index is 1780. The van der Waals surface area contributed by atoms with Gasteiger partial charge in [0.25, 0.3) is 0 Å². The second-order valence-corrected chi connectivity index (χ2v) is 14.8. The number of nitrogens with zero attached hydrogens (tertiary/aromatic N) is 2. The summed E-state index contributed by atoms with van der Waals surface area (Å²) in [6, 6.07) is 14.4. The Morgan fingerprint density at radius 3 is 1.37 bits per heavy atom. The molecule has 2 atom stereocenters. The minimum absolute atomic E-state index is 0. The zero-order valence-corrected chi connectivity index (χ0v) is 34.0. The number of aromatic nitrogens is 2. The number of ether oxygens (including phenoxy) is 1. The second kappa shape index (κ2) is 27.9. The molecule has 0 radical (unpaired) electrons. The molecule has 0 spiro atoms. The van der Waals surface area contributed by atoms with Gasteiger partial charge < -0.3 is 29.6 Å². The van der Waals surface area contributed by atoms with Crippen molar-refractivity contribution in [3.05, 3.63) is 72.1 Å². The highest BCUT2D eigenvalue weighted by molar-refractivity contribution is 5.88. The van der Waals surface area contributed by atoms with Crippen LogP contribution in [-0.2, 0) is 50.9 Å². The number of carbonyl (C=O) groups excluding carboxylic acids is 3. The highest BCUT2D eigenvalue weighted by Gasteiger charge is 2.24. The van der Waals surface area contributed by atoms with E-state index in [1.54, 1.807) is 0 Å². The molecule has 10 nitrogen and oxygen atoms in total. The summed E-state index contributed by atoms with van der Waals surface area (Å²) in [5, 5.41) is 17.2. The molecule has 0 saturated carbocycles. The number of carbonyl (C=O) groups is 4. The van der Waals surface area contributed by atoms with Gasteiger partial charge in [0, 0.05) is 74.0 Å². The lowest BCUT2D eigenvalue weighted by molar-refractivity contribution is -0.145. The summed E-state index contributed by atoms with van der Waals surface area (Å²) in [6.07, 6.45) is 21.6. The molecular weight excluding hydrogens is 717 g/mol. The first kappa shape index (κ1) is 50.4. The molecule has 0 aliphatic carbocycles. The third-order valence-corrected chi connectivity index (χ3v) is 10.3. The monoisotopic (exact) mass is 791 g/mol. The highest BCUT2D eigenvalue weighted by Crippen LogP contribution is 2.23. The van der Waals surface area contributed by atoms with Gasteiger partial charge in [0.15, 0.2) is 0 Å². The fourth-order valence-electron chi connectivity index (χ4n) is 7.17. The number of carboxylic acid groups (broad SMARTS) is 1. The number of aryl methyl sites for hydroxylation is 2. The van der Waals surface area contributed by atoms with Crippen LogP contribution in [0.25, 0.3) is 21.8 Å². The van der Waals surface area contributed by atoms with Crippen molar-refractivity contribution in [2.75, 3.05) is 7.11 Å².